The maximum atomic E-state index is 12.6. The Morgan fingerprint density at radius 3 is 2.26 bits per heavy atom. The SMILES string of the molecule is CCN(CC)S(=O)(=O)c1cccc(C(=O)O[C@H](C(=O)NC(N)=O)C(C)C)c1. The van der Waals surface area contributed by atoms with Crippen molar-refractivity contribution in [1.82, 2.24) is 9.62 Å². The van der Waals surface area contributed by atoms with Crippen LogP contribution in [0.2, 0.25) is 0 Å². The van der Waals surface area contributed by atoms with Crippen molar-refractivity contribution in [3.05, 3.63) is 29.8 Å². The fraction of sp³-hybridized carbons (Fsp3) is 0.471. The Morgan fingerprint density at radius 2 is 1.78 bits per heavy atom. The first kappa shape index (κ1) is 22.6. The molecular weight excluding hydrogens is 374 g/mol. The number of carbonyl (C=O) groups excluding carboxylic acids is 3. The summed E-state index contributed by atoms with van der Waals surface area (Å²) in [7, 11) is -3.75. The van der Waals surface area contributed by atoms with Gasteiger partial charge in [0, 0.05) is 13.1 Å². The lowest BCUT2D eigenvalue weighted by Gasteiger charge is -2.21. The van der Waals surface area contributed by atoms with E-state index in [9.17, 15) is 22.8 Å². The molecule has 27 heavy (non-hydrogen) atoms. The highest BCUT2D eigenvalue weighted by Crippen LogP contribution is 2.18. The number of ether oxygens (including phenoxy) is 1. The molecule has 10 heteroatoms. The number of amides is 3. The van der Waals surface area contributed by atoms with Crippen molar-refractivity contribution in [2.75, 3.05) is 13.1 Å². The van der Waals surface area contributed by atoms with Gasteiger partial charge in [0.05, 0.1) is 10.5 Å². The van der Waals surface area contributed by atoms with Crippen LogP contribution < -0.4 is 11.1 Å². The molecule has 0 bridgehead atoms. The molecule has 0 spiro atoms. The van der Waals surface area contributed by atoms with E-state index in [0.29, 0.717) is 0 Å². The minimum Gasteiger partial charge on any atom is -0.448 e. The summed E-state index contributed by atoms with van der Waals surface area (Å²) in [5.74, 6) is -2.17. The average Bonchev–Trinajstić information content (AvgIpc) is 2.59. The fourth-order valence-electron chi connectivity index (χ4n) is 2.36. The van der Waals surface area contributed by atoms with Gasteiger partial charge in [0.1, 0.15) is 0 Å². The molecule has 0 aliphatic rings. The van der Waals surface area contributed by atoms with Gasteiger partial charge in [-0.15, -0.1) is 0 Å². The van der Waals surface area contributed by atoms with Gasteiger partial charge in [-0.05, 0) is 24.1 Å². The third kappa shape index (κ3) is 5.76. The van der Waals surface area contributed by atoms with Gasteiger partial charge in [0.15, 0.2) is 6.10 Å². The van der Waals surface area contributed by atoms with Crippen molar-refractivity contribution in [2.24, 2.45) is 11.7 Å². The maximum Gasteiger partial charge on any atom is 0.338 e. The second-order valence-corrected chi connectivity index (χ2v) is 7.98. The van der Waals surface area contributed by atoms with E-state index in [2.05, 4.69) is 0 Å². The standard InChI is InChI=1S/C17H25N3O6S/c1-5-20(6-2)27(24,25)13-9-7-8-12(10-13)16(22)26-14(11(3)4)15(21)19-17(18)23/h7-11,14H,5-6H2,1-4H3,(H3,18,19,21,23)/t14-/m0/s1. The number of benzene rings is 1. The third-order valence-electron chi connectivity index (χ3n) is 3.76. The van der Waals surface area contributed by atoms with Crippen LogP contribution in [0.1, 0.15) is 38.1 Å². The maximum absolute atomic E-state index is 12.6. The highest BCUT2D eigenvalue weighted by Gasteiger charge is 2.29. The molecule has 0 aliphatic heterocycles. The topological polar surface area (TPSA) is 136 Å². The first-order valence-electron chi connectivity index (χ1n) is 8.46. The summed E-state index contributed by atoms with van der Waals surface area (Å²) in [5.41, 5.74) is 4.89. The zero-order valence-electron chi connectivity index (χ0n) is 15.8. The lowest BCUT2D eigenvalue weighted by molar-refractivity contribution is -0.130. The van der Waals surface area contributed by atoms with Crippen LogP contribution in [-0.2, 0) is 19.6 Å². The molecule has 0 saturated heterocycles. The first-order valence-corrected chi connectivity index (χ1v) is 9.90. The van der Waals surface area contributed by atoms with Gasteiger partial charge in [0.2, 0.25) is 10.0 Å². The molecule has 3 amide bonds. The van der Waals surface area contributed by atoms with Gasteiger partial charge in [-0.25, -0.2) is 18.0 Å². The summed E-state index contributed by atoms with van der Waals surface area (Å²) in [5, 5.41) is 1.87. The number of esters is 1. The Labute approximate surface area is 158 Å². The molecule has 9 nitrogen and oxygen atoms in total. The van der Waals surface area contributed by atoms with Crippen molar-refractivity contribution >= 4 is 27.9 Å². The predicted octanol–water partition coefficient (Wildman–Crippen LogP) is 1.09. The van der Waals surface area contributed by atoms with E-state index in [1.165, 1.54) is 28.6 Å². The zero-order valence-corrected chi connectivity index (χ0v) is 16.6. The molecule has 0 unspecified atom stereocenters. The number of urea groups is 1. The van der Waals surface area contributed by atoms with Crippen LogP contribution in [0.15, 0.2) is 29.2 Å². The van der Waals surface area contributed by atoms with Crippen LogP contribution >= 0.6 is 0 Å². The lowest BCUT2D eigenvalue weighted by atomic mass is 10.1. The Kier molecular flexibility index (Phi) is 7.92. The minimum atomic E-state index is -3.75. The van der Waals surface area contributed by atoms with Gasteiger partial charge >= 0.3 is 12.0 Å². The molecule has 0 radical (unpaired) electrons. The molecule has 1 aromatic rings. The molecule has 0 fully saturated rings. The van der Waals surface area contributed by atoms with Crippen molar-refractivity contribution in [2.45, 2.75) is 38.7 Å². The van der Waals surface area contributed by atoms with E-state index >= 15 is 0 Å². The molecule has 1 rings (SSSR count). The summed E-state index contributed by atoms with van der Waals surface area (Å²) in [6.45, 7) is 7.25. The Hall–Kier alpha value is -2.46. The van der Waals surface area contributed by atoms with Crippen LogP contribution in [0.5, 0.6) is 0 Å². The average molecular weight is 399 g/mol. The highest BCUT2D eigenvalue weighted by molar-refractivity contribution is 7.89. The Morgan fingerprint density at radius 1 is 1.19 bits per heavy atom. The van der Waals surface area contributed by atoms with Crippen molar-refractivity contribution in [3.8, 4) is 0 Å². The number of hydrogen-bond donors (Lipinski definition) is 2. The van der Waals surface area contributed by atoms with Gasteiger partial charge < -0.3 is 10.5 Å². The molecule has 0 aromatic heterocycles. The quantitative estimate of drug-likeness (QED) is 0.628. The third-order valence-corrected chi connectivity index (χ3v) is 5.80. The number of carbonyl (C=O) groups is 3. The highest BCUT2D eigenvalue weighted by atomic mass is 32.2. The number of nitrogens with two attached hydrogens (primary N) is 1. The van der Waals surface area contributed by atoms with E-state index in [0.717, 1.165) is 0 Å². The van der Waals surface area contributed by atoms with Crippen molar-refractivity contribution in [3.63, 3.8) is 0 Å². The smallest absolute Gasteiger partial charge is 0.338 e. The number of rotatable bonds is 8. The lowest BCUT2D eigenvalue weighted by Crippen LogP contribution is -2.45. The second-order valence-electron chi connectivity index (χ2n) is 6.04. The van der Waals surface area contributed by atoms with Crippen LogP contribution in [0.25, 0.3) is 0 Å². The summed E-state index contributed by atoms with van der Waals surface area (Å²) in [6, 6.07) is 4.31. The van der Waals surface area contributed by atoms with E-state index in [-0.39, 0.29) is 23.5 Å². The van der Waals surface area contributed by atoms with Crippen molar-refractivity contribution in [1.29, 1.82) is 0 Å². The first-order chi connectivity index (χ1) is 12.5. The largest absolute Gasteiger partial charge is 0.448 e. The van der Waals surface area contributed by atoms with Gasteiger partial charge in [-0.1, -0.05) is 33.8 Å². The summed E-state index contributed by atoms with van der Waals surface area (Å²) in [4.78, 5) is 35.2. The Balaban J connectivity index is 3.11. The normalized spacial score (nSPS) is 12.7. The zero-order chi connectivity index (χ0) is 20.8. The number of nitrogens with zero attached hydrogens (tertiary/aromatic N) is 1. The van der Waals surface area contributed by atoms with E-state index in [4.69, 9.17) is 10.5 Å². The minimum absolute atomic E-state index is 0.0271. The molecular formula is C17H25N3O6S. The summed E-state index contributed by atoms with van der Waals surface area (Å²) in [6.07, 6.45) is -1.26. The number of nitrogens with one attached hydrogen (secondary N) is 1. The summed E-state index contributed by atoms with van der Waals surface area (Å²) < 4.78 is 31.6. The van der Waals surface area contributed by atoms with Gasteiger partial charge in [-0.2, -0.15) is 4.31 Å². The number of primary amides is 1. The van der Waals surface area contributed by atoms with Gasteiger partial charge in [0.25, 0.3) is 5.91 Å². The fourth-order valence-corrected chi connectivity index (χ4v) is 3.87. The molecule has 1 aromatic carbocycles. The van der Waals surface area contributed by atoms with Crippen LogP contribution in [-0.4, -0.2) is 49.8 Å². The predicted molar refractivity (Wildman–Crippen MR) is 98.3 cm³/mol. The molecule has 3 N–H and O–H groups in total. The van der Waals surface area contributed by atoms with E-state index in [1.54, 1.807) is 27.7 Å². The molecule has 0 aliphatic carbocycles. The van der Waals surface area contributed by atoms with Gasteiger partial charge in [-0.3, -0.25) is 10.1 Å². The monoisotopic (exact) mass is 399 g/mol. The van der Waals surface area contributed by atoms with E-state index in [1.807, 2.05) is 5.32 Å². The summed E-state index contributed by atoms with van der Waals surface area (Å²) >= 11 is 0. The number of imide groups is 1. The Bertz CT molecular complexity index is 803. The number of sulfonamides is 1. The second kappa shape index (κ2) is 9.47. The molecule has 150 valence electrons. The van der Waals surface area contributed by atoms with Crippen LogP contribution in [0, 0.1) is 5.92 Å². The molecule has 0 saturated carbocycles. The van der Waals surface area contributed by atoms with Crippen molar-refractivity contribution < 1.29 is 27.5 Å². The van der Waals surface area contributed by atoms with E-state index < -0.39 is 40.0 Å². The van der Waals surface area contributed by atoms with Crippen LogP contribution in [0.3, 0.4) is 0 Å². The molecule has 0 heterocycles. The van der Waals surface area contributed by atoms with Crippen LogP contribution in [0.4, 0.5) is 4.79 Å². The number of hydrogen-bond acceptors (Lipinski definition) is 6. The molecule has 1 atom stereocenters.